The summed E-state index contributed by atoms with van der Waals surface area (Å²) in [6, 6.07) is 10.8. The molecule has 3 heterocycles. The summed E-state index contributed by atoms with van der Waals surface area (Å²) in [5, 5.41) is 5.21. The average molecular weight is 625 g/mol. The van der Waals surface area contributed by atoms with Crippen LogP contribution < -0.4 is 14.8 Å². The van der Waals surface area contributed by atoms with Gasteiger partial charge in [0, 0.05) is 35.9 Å². The number of thiophene rings is 1. The lowest BCUT2D eigenvalue weighted by atomic mass is 9.89. The van der Waals surface area contributed by atoms with E-state index in [1.807, 2.05) is 38.3 Å². The van der Waals surface area contributed by atoms with E-state index in [2.05, 4.69) is 16.4 Å². The van der Waals surface area contributed by atoms with Crippen LogP contribution in [0.1, 0.15) is 45.1 Å². The van der Waals surface area contributed by atoms with E-state index in [0.717, 1.165) is 28.7 Å². The molecule has 0 atom stereocenters. The van der Waals surface area contributed by atoms with Crippen LogP contribution in [0.25, 0.3) is 21.3 Å². The number of piperidine rings is 1. The maximum atomic E-state index is 12.5. The highest BCUT2D eigenvalue weighted by Crippen LogP contribution is 2.40. The molecule has 0 spiro atoms. The summed E-state index contributed by atoms with van der Waals surface area (Å²) in [6.07, 6.45) is 4.32. The van der Waals surface area contributed by atoms with Crippen LogP contribution in [-0.4, -0.2) is 68.5 Å². The minimum Gasteiger partial charge on any atom is -0.496 e. The Balaban J connectivity index is 1.37. The Morgan fingerprint density at radius 3 is 2.40 bits per heavy atom. The number of anilines is 2. The number of sulfone groups is 1. The first kappa shape index (κ1) is 30.6. The van der Waals surface area contributed by atoms with Crippen molar-refractivity contribution < 1.29 is 27.4 Å². The Bertz CT molecular complexity index is 1760. The molecule has 43 heavy (non-hydrogen) atoms. The lowest BCUT2D eigenvalue weighted by Gasteiger charge is -2.33. The van der Waals surface area contributed by atoms with Gasteiger partial charge in [0.2, 0.25) is 5.95 Å². The van der Waals surface area contributed by atoms with Crippen LogP contribution in [0.15, 0.2) is 52.9 Å². The normalized spacial score (nSPS) is 14.5. The molecule has 10 nitrogen and oxygen atoms in total. The van der Waals surface area contributed by atoms with E-state index >= 15 is 0 Å². The fraction of sp³-hybridized carbons (Fsp3) is 0.387. The summed E-state index contributed by atoms with van der Waals surface area (Å²) >= 11 is 1.47. The van der Waals surface area contributed by atoms with Gasteiger partial charge in [0.05, 0.1) is 41.2 Å². The second-order valence-electron chi connectivity index (χ2n) is 11.5. The van der Waals surface area contributed by atoms with Crippen LogP contribution >= 0.6 is 11.3 Å². The highest BCUT2D eigenvalue weighted by Gasteiger charge is 2.28. The minimum atomic E-state index is -3.41. The molecule has 1 saturated heterocycles. The monoisotopic (exact) mass is 624 g/mol. The Hall–Kier alpha value is -3.90. The number of aromatic nitrogens is 2. The molecule has 12 heteroatoms. The molecule has 1 aliphatic rings. The highest BCUT2D eigenvalue weighted by atomic mass is 32.2. The summed E-state index contributed by atoms with van der Waals surface area (Å²) in [5.74, 6) is 1.88. The van der Waals surface area contributed by atoms with Gasteiger partial charge in [0.25, 0.3) is 0 Å². The standard InChI is InChI=1S/C31H36N4O6S2/c1-31(2,3)41-30(36)35-13-11-19(12-14-35)20-7-9-24(26(15-20)40-5)33-29-32-17-27-28(34-29)23(18-42-27)22-16-21(43(6,37)38)8-10-25(22)39-4/h7-10,15-19H,11-14H2,1-6H3,(H,32,33,34). The van der Waals surface area contributed by atoms with Crippen molar-refractivity contribution >= 4 is 49.1 Å². The van der Waals surface area contributed by atoms with Crippen LogP contribution in [0.3, 0.4) is 0 Å². The molecule has 2 aromatic heterocycles. The molecule has 0 radical (unpaired) electrons. The zero-order valence-electron chi connectivity index (χ0n) is 25.1. The van der Waals surface area contributed by atoms with Crippen molar-refractivity contribution in [2.75, 3.05) is 38.9 Å². The molecule has 0 unspecified atom stereocenters. The molecular formula is C31H36N4O6S2. The molecule has 5 rings (SSSR count). The SMILES string of the molecule is COc1cc(C2CCN(C(=O)OC(C)(C)C)CC2)ccc1Nc1ncc2scc(-c3cc(S(C)(=O)=O)ccc3OC)c2n1. The second kappa shape index (κ2) is 12.0. The largest absolute Gasteiger partial charge is 0.496 e. The smallest absolute Gasteiger partial charge is 0.410 e. The van der Waals surface area contributed by atoms with Crippen molar-refractivity contribution in [1.29, 1.82) is 0 Å². The number of carbonyl (C=O) groups excluding carboxylic acids is 1. The van der Waals surface area contributed by atoms with E-state index in [9.17, 15) is 13.2 Å². The van der Waals surface area contributed by atoms with Gasteiger partial charge in [-0.3, -0.25) is 0 Å². The number of amides is 1. The maximum absolute atomic E-state index is 12.5. The van der Waals surface area contributed by atoms with Crippen LogP contribution in [0.2, 0.25) is 0 Å². The van der Waals surface area contributed by atoms with Gasteiger partial charge in [-0.1, -0.05) is 6.07 Å². The Labute approximate surface area is 255 Å². The number of benzene rings is 2. The third kappa shape index (κ3) is 6.86. The fourth-order valence-corrected chi connectivity index (χ4v) is 6.63. The molecule has 1 aliphatic heterocycles. The van der Waals surface area contributed by atoms with E-state index in [-0.39, 0.29) is 11.0 Å². The van der Waals surface area contributed by atoms with Crippen molar-refractivity contribution in [2.45, 2.75) is 50.0 Å². The van der Waals surface area contributed by atoms with Crippen molar-refractivity contribution in [1.82, 2.24) is 14.9 Å². The van der Waals surface area contributed by atoms with E-state index in [0.29, 0.717) is 53.2 Å². The van der Waals surface area contributed by atoms with Gasteiger partial charge < -0.3 is 24.4 Å². The van der Waals surface area contributed by atoms with Crippen LogP contribution in [0.5, 0.6) is 11.5 Å². The lowest BCUT2D eigenvalue weighted by Crippen LogP contribution is -2.41. The van der Waals surface area contributed by atoms with Crippen LogP contribution in [0.4, 0.5) is 16.4 Å². The first-order valence-electron chi connectivity index (χ1n) is 13.9. The van der Waals surface area contributed by atoms with Crippen molar-refractivity contribution in [2.24, 2.45) is 0 Å². The number of nitrogens with one attached hydrogen (secondary N) is 1. The summed E-state index contributed by atoms with van der Waals surface area (Å²) in [7, 11) is -0.237. The number of nitrogens with zero attached hydrogens (tertiary/aromatic N) is 3. The number of hydrogen-bond donors (Lipinski definition) is 1. The molecular weight excluding hydrogens is 588 g/mol. The maximum Gasteiger partial charge on any atom is 0.410 e. The molecule has 4 aromatic rings. The van der Waals surface area contributed by atoms with Gasteiger partial charge in [-0.05, 0) is 75.4 Å². The summed E-state index contributed by atoms with van der Waals surface area (Å²) in [5.41, 5.74) is 3.41. The fourth-order valence-electron chi connectivity index (χ4n) is 5.12. The molecule has 1 fully saturated rings. The van der Waals surface area contributed by atoms with Gasteiger partial charge in [-0.25, -0.2) is 23.2 Å². The first-order chi connectivity index (χ1) is 20.4. The van der Waals surface area contributed by atoms with E-state index in [1.165, 1.54) is 23.7 Å². The molecule has 0 saturated carbocycles. The molecule has 228 valence electrons. The van der Waals surface area contributed by atoms with E-state index in [4.69, 9.17) is 19.2 Å². The van der Waals surface area contributed by atoms with Gasteiger partial charge in [-0.15, -0.1) is 11.3 Å². The Morgan fingerprint density at radius 2 is 1.74 bits per heavy atom. The van der Waals surface area contributed by atoms with Crippen molar-refractivity contribution in [3.05, 3.63) is 53.5 Å². The molecule has 0 bridgehead atoms. The predicted molar refractivity (Wildman–Crippen MR) is 169 cm³/mol. The second-order valence-corrected chi connectivity index (χ2v) is 14.4. The lowest BCUT2D eigenvalue weighted by molar-refractivity contribution is 0.0204. The average Bonchev–Trinajstić information content (AvgIpc) is 3.39. The third-order valence-electron chi connectivity index (χ3n) is 7.29. The zero-order chi connectivity index (χ0) is 30.9. The highest BCUT2D eigenvalue weighted by molar-refractivity contribution is 7.90. The number of fused-ring (bicyclic) bond motifs is 1. The molecule has 1 N–H and O–H groups in total. The minimum absolute atomic E-state index is 0.204. The van der Waals surface area contributed by atoms with E-state index < -0.39 is 15.4 Å². The molecule has 1 amide bonds. The summed E-state index contributed by atoms with van der Waals surface area (Å²) < 4.78 is 42.1. The molecule has 0 aliphatic carbocycles. The quantitative estimate of drug-likeness (QED) is 0.241. The van der Waals surface area contributed by atoms with Crippen LogP contribution in [0, 0.1) is 0 Å². The number of likely N-dealkylation sites (tertiary alicyclic amines) is 1. The van der Waals surface area contributed by atoms with Crippen molar-refractivity contribution in [3.8, 4) is 22.6 Å². The van der Waals surface area contributed by atoms with E-state index in [1.54, 1.807) is 37.4 Å². The number of carbonyl (C=O) groups is 1. The Morgan fingerprint density at radius 1 is 1.02 bits per heavy atom. The van der Waals surface area contributed by atoms with Crippen molar-refractivity contribution in [3.63, 3.8) is 0 Å². The predicted octanol–water partition coefficient (Wildman–Crippen LogP) is 6.64. The zero-order valence-corrected chi connectivity index (χ0v) is 26.8. The van der Waals surface area contributed by atoms with Gasteiger partial charge in [-0.2, -0.15) is 0 Å². The van der Waals surface area contributed by atoms with Gasteiger partial charge in [0.15, 0.2) is 9.84 Å². The van der Waals surface area contributed by atoms with Gasteiger partial charge in [0.1, 0.15) is 17.1 Å². The number of ether oxygens (including phenoxy) is 3. The number of methoxy groups -OCH3 is 2. The summed E-state index contributed by atoms with van der Waals surface area (Å²) in [6.45, 7) is 6.89. The van der Waals surface area contributed by atoms with Gasteiger partial charge >= 0.3 is 6.09 Å². The van der Waals surface area contributed by atoms with Crippen LogP contribution in [-0.2, 0) is 14.6 Å². The number of rotatable bonds is 7. The Kier molecular flexibility index (Phi) is 8.53. The summed E-state index contributed by atoms with van der Waals surface area (Å²) in [4.78, 5) is 23.7. The number of hydrogen-bond acceptors (Lipinski definition) is 10. The third-order valence-corrected chi connectivity index (χ3v) is 9.31. The molecule has 2 aromatic carbocycles. The first-order valence-corrected chi connectivity index (χ1v) is 16.7. The topological polar surface area (TPSA) is 120 Å².